The van der Waals surface area contributed by atoms with Gasteiger partial charge in [-0.2, -0.15) is 10.4 Å². The van der Waals surface area contributed by atoms with Gasteiger partial charge in [0, 0.05) is 59.3 Å². The molecule has 0 saturated carbocycles. The lowest BCUT2D eigenvalue weighted by Crippen LogP contribution is -2.43. The molecule has 0 spiro atoms. The average molecular weight is 694 g/mol. The molecule has 0 saturated heterocycles. The lowest BCUT2D eigenvalue weighted by molar-refractivity contribution is 0.0957. The van der Waals surface area contributed by atoms with E-state index in [0.29, 0.717) is 42.4 Å². The number of aryl methyl sites for hydroxylation is 6. The van der Waals surface area contributed by atoms with Gasteiger partial charge in [0.1, 0.15) is 23.2 Å². The number of carbonyl (C=O) groups is 1. The summed E-state index contributed by atoms with van der Waals surface area (Å²) in [5.74, 6) is 0.700. The van der Waals surface area contributed by atoms with Crippen molar-refractivity contribution in [2.75, 3.05) is 18.1 Å². The zero-order chi connectivity index (χ0) is 34.9. The quantitative estimate of drug-likeness (QED) is 0.156. The molecule has 3 aromatic carbocycles. The Hall–Kier alpha value is -4.71. The number of hydrogen-bond acceptors (Lipinski definition) is 4. The van der Waals surface area contributed by atoms with Gasteiger partial charge in [0.2, 0.25) is 0 Å². The summed E-state index contributed by atoms with van der Waals surface area (Å²) in [4.78, 5) is 16.8. The standard InChI is InChI=1S/C39H38Cl2N6O2/c1-21-16-28(17-22(2)35(21)41)49-15-9-11-29-30-13-14-31(40)34(33-24(4)43-45(7)25(33)5)37(30)47-23(3)20-46(39(48)38(29)47)32-12-8-10-26-18-27(19-42)44(6)36(26)32/h8,10,12-14,16-18,23H,9,11,15,20H2,1-7H3/t23-/m1/s1. The molecule has 1 amide bonds. The highest BCUT2D eigenvalue weighted by Crippen LogP contribution is 2.45. The number of ether oxygens (including phenoxy) is 1. The van der Waals surface area contributed by atoms with Crippen LogP contribution in [0, 0.1) is 39.0 Å². The minimum absolute atomic E-state index is 0.0805. The van der Waals surface area contributed by atoms with E-state index >= 15 is 0 Å². The molecule has 7 rings (SSSR count). The minimum atomic E-state index is -0.0827. The van der Waals surface area contributed by atoms with E-state index in [0.717, 1.165) is 77.5 Å². The van der Waals surface area contributed by atoms with Crippen LogP contribution in [0.4, 0.5) is 5.69 Å². The van der Waals surface area contributed by atoms with E-state index in [9.17, 15) is 10.1 Å². The number of benzene rings is 3. The van der Waals surface area contributed by atoms with E-state index in [1.54, 1.807) is 0 Å². The summed E-state index contributed by atoms with van der Waals surface area (Å²) in [6.45, 7) is 11.1. The van der Waals surface area contributed by atoms with Crippen molar-refractivity contribution in [2.24, 2.45) is 14.1 Å². The van der Waals surface area contributed by atoms with Gasteiger partial charge < -0.3 is 18.8 Å². The first kappa shape index (κ1) is 32.8. The SMILES string of the molecule is Cc1cc(OCCCc2c3n(c4c(-c5c(C)nn(C)c5C)c(Cl)ccc24)[C@H](C)CN(c2cccc4cc(C#N)n(C)c24)C3=O)cc(C)c1Cl. The van der Waals surface area contributed by atoms with Crippen LogP contribution in [0.3, 0.4) is 0 Å². The first-order valence-electron chi connectivity index (χ1n) is 16.5. The van der Waals surface area contributed by atoms with Crippen molar-refractivity contribution >= 4 is 56.6 Å². The molecule has 1 aliphatic rings. The topological polar surface area (TPSA) is 81.0 Å². The van der Waals surface area contributed by atoms with Gasteiger partial charge >= 0.3 is 0 Å². The summed E-state index contributed by atoms with van der Waals surface area (Å²) in [5, 5.41) is 17.8. The Morgan fingerprint density at radius 2 is 1.73 bits per heavy atom. The van der Waals surface area contributed by atoms with Crippen LogP contribution < -0.4 is 9.64 Å². The highest BCUT2D eigenvalue weighted by Gasteiger charge is 2.37. The smallest absolute Gasteiger partial charge is 0.275 e. The number of halogens is 2. The van der Waals surface area contributed by atoms with Gasteiger partial charge in [0.15, 0.2) is 0 Å². The summed E-state index contributed by atoms with van der Waals surface area (Å²) in [6.07, 6.45) is 1.31. The van der Waals surface area contributed by atoms with Gasteiger partial charge in [0.25, 0.3) is 5.91 Å². The Balaban J connectivity index is 1.38. The van der Waals surface area contributed by atoms with Crippen LogP contribution in [0.25, 0.3) is 32.9 Å². The number of aromatic nitrogens is 4. The van der Waals surface area contributed by atoms with E-state index in [1.807, 2.05) is 91.5 Å². The van der Waals surface area contributed by atoms with E-state index in [2.05, 4.69) is 30.6 Å². The number of amides is 1. The number of para-hydroxylation sites is 1. The molecule has 1 atom stereocenters. The van der Waals surface area contributed by atoms with Crippen molar-refractivity contribution in [2.45, 2.75) is 53.5 Å². The lowest BCUT2D eigenvalue weighted by atomic mass is 9.98. The van der Waals surface area contributed by atoms with E-state index in [4.69, 9.17) is 33.0 Å². The Morgan fingerprint density at radius 3 is 2.41 bits per heavy atom. The van der Waals surface area contributed by atoms with E-state index < -0.39 is 0 Å². The van der Waals surface area contributed by atoms with Crippen molar-refractivity contribution in [1.29, 1.82) is 5.26 Å². The van der Waals surface area contributed by atoms with Crippen LogP contribution in [0.1, 0.15) is 63.6 Å². The van der Waals surface area contributed by atoms with Gasteiger partial charge in [-0.1, -0.05) is 41.4 Å². The summed E-state index contributed by atoms with van der Waals surface area (Å²) < 4.78 is 12.2. The molecular weight excluding hydrogens is 655 g/mol. The maximum Gasteiger partial charge on any atom is 0.275 e. The third-order valence-electron chi connectivity index (χ3n) is 10.0. The molecule has 49 heavy (non-hydrogen) atoms. The number of carbonyl (C=O) groups excluding carboxylic acids is 1. The van der Waals surface area contributed by atoms with Crippen molar-refractivity contribution in [1.82, 2.24) is 18.9 Å². The molecule has 0 fully saturated rings. The first-order chi connectivity index (χ1) is 23.4. The molecule has 10 heteroatoms. The molecule has 0 radical (unpaired) electrons. The molecule has 0 unspecified atom stereocenters. The summed E-state index contributed by atoms with van der Waals surface area (Å²) >= 11 is 13.5. The third kappa shape index (κ3) is 5.19. The maximum absolute atomic E-state index is 15.0. The van der Waals surface area contributed by atoms with Gasteiger partial charge in [-0.25, -0.2) is 0 Å². The Morgan fingerprint density at radius 1 is 1.00 bits per heavy atom. The predicted molar refractivity (Wildman–Crippen MR) is 197 cm³/mol. The molecule has 0 N–H and O–H groups in total. The molecule has 0 bridgehead atoms. The second-order valence-electron chi connectivity index (χ2n) is 13.2. The van der Waals surface area contributed by atoms with Crippen LogP contribution in [0.15, 0.2) is 48.5 Å². The Labute approximate surface area is 296 Å². The van der Waals surface area contributed by atoms with Crippen LogP contribution in [0.5, 0.6) is 5.75 Å². The number of nitrogens with zero attached hydrogens (tertiary/aromatic N) is 6. The van der Waals surface area contributed by atoms with Gasteiger partial charge in [-0.3, -0.25) is 9.48 Å². The van der Waals surface area contributed by atoms with Crippen molar-refractivity contribution < 1.29 is 9.53 Å². The second kappa shape index (κ2) is 12.3. The average Bonchev–Trinajstić information content (AvgIpc) is 3.67. The minimum Gasteiger partial charge on any atom is -0.494 e. The van der Waals surface area contributed by atoms with E-state index in [1.165, 1.54) is 0 Å². The predicted octanol–water partition coefficient (Wildman–Crippen LogP) is 9.18. The molecule has 0 aliphatic carbocycles. The zero-order valence-electron chi connectivity index (χ0n) is 28.8. The summed E-state index contributed by atoms with van der Waals surface area (Å²) in [5.41, 5.74) is 10.5. The number of rotatable bonds is 7. The third-order valence-corrected chi connectivity index (χ3v) is 10.9. The second-order valence-corrected chi connectivity index (χ2v) is 14.0. The highest BCUT2D eigenvalue weighted by molar-refractivity contribution is 6.35. The number of fused-ring (bicyclic) bond motifs is 4. The largest absolute Gasteiger partial charge is 0.494 e. The number of anilines is 1. The molecular formula is C39H38Cl2N6O2. The van der Waals surface area contributed by atoms with Crippen molar-refractivity contribution in [3.05, 3.63) is 98.0 Å². The van der Waals surface area contributed by atoms with Crippen LogP contribution in [0.2, 0.25) is 10.0 Å². The van der Waals surface area contributed by atoms with Crippen LogP contribution in [-0.2, 0) is 20.5 Å². The fraction of sp³-hybridized carbons (Fsp3) is 0.308. The maximum atomic E-state index is 15.0. The van der Waals surface area contributed by atoms with E-state index in [-0.39, 0.29) is 11.9 Å². The van der Waals surface area contributed by atoms with Crippen molar-refractivity contribution in [3.63, 3.8) is 0 Å². The van der Waals surface area contributed by atoms with Gasteiger partial charge in [-0.15, -0.1) is 0 Å². The monoisotopic (exact) mass is 692 g/mol. The number of hydrogen-bond donors (Lipinski definition) is 0. The van der Waals surface area contributed by atoms with Gasteiger partial charge in [-0.05, 0) is 94.5 Å². The summed E-state index contributed by atoms with van der Waals surface area (Å²) in [6, 6.07) is 17.9. The van der Waals surface area contributed by atoms with Crippen LogP contribution >= 0.6 is 23.2 Å². The molecule has 8 nitrogen and oxygen atoms in total. The molecule has 250 valence electrons. The Bertz CT molecular complexity index is 2350. The molecule has 3 aromatic heterocycles. The first-order valence-corrected chi connectivity index (χ1v) is 17.2. The van der Waals surface area contributed by atoms with Crippen LogP contribution in [-0.4, -0.2) is 38.0 Å². The molecule has 4 heterocycles. The molecule has 1 aliphatic heterocycles. The summed E-state index contributed by atoms with van der Waals surface area (Å²) in [7, 11) is 3.82. The fourth-order valence-electron chi connectivity index (χ4n) is 7.66. The normalized spacial score (nSPS) is 14.6. The van der Waals surface area contributed by atoms with Gasteiger partial charge in [0.05, 0.1) is 34.0 Å². The lowest BCUT2D eigenvalue weighted by Gasteiger charge is -2.35. The fourth-order valence-corrected chi connectivity index (χ4v) is 8.01. The molecule has 6 aromatic rings. The highest BCUT2D eigenvalue weighted by atomic mass is 35.5. The van der Waals surface area contributed by atoms with Crippen molar-refractivity contribution in [3.8, 4) is 22.9 Å². The zero-order valence-corrected chi connectivity index (χ0v) is 30.3. The Kier molecular flexibility index (Phi) is 8.25. The number of nitriles is 1.